The van der Waals surface area contributed by atoms with Crippen molar-refractivity contribution in [3.63, 3.8) is 0 Å². The van der Waals surface area contributed by atoms with Crippen LogP contribution in [0.4, 0.5) is 5.69 Å². The highest BCUT2D eigenvalue weighted by Crippen LogP contribution is 2.27. The molecular formula is C15H27NO4S2Si. The van der Waals surface area contributed by atoms with Gasteiger partial charge in [-0.25, -0.2) is 16.8 Å². The lowest BCUT2D eigenvalue weighted by Gasteiger charge is -2.22. The first-order valence-electron chi connectivity index (χ1n) is 7.82. The van der Waals surface area contributed by atoms with E-state index in [1.54, 1.807) is 6.07 Å². The van der Waals surface area contributed by atoms with Crippen molar-refractivity contribution < 1.29 is 16.8 Å². The fourth-order valence-corrected chi connectivity index (χ4v) is 5.51. The molecule has 8 heteroatoms. The lowest BCUT2D eigenvalue weighted by Crippen LogP contribution is -2.21. The molecular weight excluding hydrogens is 350 g/mol. The number of benzene rings is 1. The zero-order valence-electron chi connectivity index (χ0n) is 14.4. The van der Waals surface area contributed by atoms with Gasteiger partial charge in [0.1, 0.15) is 0 Å². The zero-order chi connectivity index (χ0) is 17.7. The predicted molar refractivity (Wildman–Crippen MR) is 99.0 cm³/mol. The predicted octanol–water partition coefficient (Wildman–Crippen LogP) is 1.74. The molecule has 1 aromatic carbocycles. The molecule has 1 aromatic rings. The largest absolute Gasteiger partial charge is 0.374 e. The third-order valence-electron chi connectivity index (χ3n) is 3.77. The van der Waals surface area contributed by atoms with Gasteiger partial charge in [-0.05, 0) is 24.6 Å². The minimum atomic E-state index is -3.50. The van der Waals surface area contributed by atoms with Crippen LogP contribution in [0.1, 0.15) is 19.8 Å². The van der Waals surface area contributed by atoms with Crippen LogP contribution in [-0.2, 0) is 19.7 Å². The first-order valence-corrected chi connectivity index (χ1v) is 13.6. The Kier molecular flexibility index (Phi) is 7.28. The van der Waals surface area contributed by atoms with Crippen molar-refractivity contribution in [3.8, 4) is 0 Å². The molecule has 132 valence electrons. The van der Waals surface area contributed by atoms with Gasteiger partial charge in [0.05, 0.1) is 15.5 Å². The zero-order valence-corrected chi connectivity index (χ0v) is 17.4. The summed E-state index contributed by atoms with van der Waals surface area (Å²) >= 11 is 0. The minimum Gasteiger partial charge on any atom is -0.374 e. The SMILES string of the molecule is CCC[SiH2]CCCN(C)c1ccc(S(C)(=O)=O)cc1S(C)(=O)=O. The van der Waals surface area contributed by atoms with Gasteiger partial charge in [-0.15, -0.1) is 0 Å². The Morgan fingerprint density at radius 2 is 1.70 bits per heavy atom. The number of nitrogens with zero attached hydrogens (tertiary/aromatic N) is 1. The van der Waals surface area contributed by atoms with Crippen LogP contribution in [0.25, 0.3) is 0 Å². The molecule has 1 rings (SSSR count). The van der Waals surface area contributed by atoms with Gasteiger partial charge in [-0.2, -0.15) is 0 Å². The van der Waals surface area contributed by atoms with Gasteiger partial charge in [-0.3, -0.25) is 0 Å². The fraction of sp³-hybridized carbons (Fsp3) is 0.600. The minimum absolute atomic E-state index is 0.00207. The fourth-order valence-electron chi connectivity index (χ4n) is 2.41. The molecule has 0 aliphatic heterocycles. The van der Waals surface area contributed by atoms with E-state index in [9.17, 15) is 16.8 Å². The average Bonchev–Trinajstić information content (AvgIpc) is 2.44. The van der Waals surface area contributed by atoms with E-state index >= 15 is 0 Å². The van der Waals surface area contributed by atoms with Crippen molar-refractivity contribution in [1.29, 1.82) is 0 Å². The number of hydrogen-bond donors (Lipinski definition) is 0. The Labute approximate surface area is 142 Å². The molecule has 0 aliphatic carbocycles. The van der Waals surface area contributed by atoms with Gasteiger partial charge in [-0.1, -0.05) is 25.4 Å². The lowest BCUT2D eigenvalue weighted by atomic mass is 10.3. The summed E-state index contributed by atoms with van der Waals surface area (Å²) in [6.07, 6.45) is 4.48. The maximum atomic E-state index is 12.0. The quantitative estimate of drug-likeness (QED) is 0.484. The van der Waals surface area contributed by atoms with E-state index in [4.69, 9.17) is 0 Å². The Balaban J connectivity index is 3.02. The van der Waals surface area contributed by atoms with Crippen LogP contribution in [0.3, 0.4) is 0 Å². The standard InChI is InChI=1S/C15H27NO4S2Si/c1-5-10-23-11-6-9-16(2)14-8-7-13(21(3,17)18)12-15(14)22(4,19)20/h7-8,12H,5-6,9-11,23H2,1-4H3. The molecule has 0 atom stereocenters. The normalized spacial score (nSPS) is 12.9. The third kappa shape index (κ3) is 6.27. The smallest absolute Gasteiger partial charge is 0.177 e. The summed E-state index contributed by atoms with van der Waals surface area (Å²) in [4.78, 5) is 2.02. The molecule has 0 saturated carbocycles. The molecule has 0 bridgehead atoms. The van der Waals surface area contributed by atoms with Crippen molar-refractivity contribution in [2.45, 2.75) is 41.6 Å². The van der Waals surface area contributed by atoms with Crippen LogP contribution in [-0.4, -0.2) is 52.5 Å². The maximum absolute atomic E-state index is 12.0. The Hall–Kier alpha value is -0.863. The second-order valence-electron chi connectivity index (χ2n) is 6.01. The van der Waals surface area contributed by atoms with Crippen LogP contribution >= 0.6 is 0 Å². The molecule has 0 spiro atoms. The Morgan fingerprint density at radius 1 is 1.04 bits per heavy atom. The van der Waals surface area contributed by atoms with E-state index in [0.29, 0.717) is 5.69 Å². The van der Waals surface area contributed by atoms with E-state index in [0.717, 1.165) is 25.5 Å². The van der Waals surface area contributed by atoms with E-state index in [2.05, 4.69) is 6.92 Å². The second-order valence-corrected chi connectivity index (χ2v) is 12.1. The maximum Gasteiger partial charge on any atom is 0.177 e. The molecule has 0 unspecified atom stereocenters. The summed E-state index contributed by atoms with van der Waals surface area (Å²) in [5.41, 5.74) is 0.567. The van der Waals surface area contributed by atoms with Crippen LogP contribution in [0.2, 0.25) is 12.1 Å². The third-order valence-corrected chi connectivity index (χ3v) is 8.21. The Bertz CT molecular complexity index is 730. The topological polar surface area (TPSA) is 71.5 Å². The summed E-state index contributed by atoms with van der Waals surface area (Å²) in [5.74, 6) is 0. The van der Waals surface area contributed by atoms with E-state index in [1.807, 2.05) is 11.9 Å². The summed E-state index contributed by atoms with van der Waals surface area (Å²) < 4.78 is 47.4. The molecule has 5 nitrogen and oxygen atoms in total. The monoisotopic (exact) mass is 377 g/mol. The molecule has 0 radical (unpaired) electrons. The highest BCUT2D eigenvalue weighted by Gasteiger charge is 2.19. The van der Waals surface area contributed by atoms with Crippen LogP contribution in [0.5, 0.6) is 0 Å². The number of rotatable bonds is 9. The second kappa shape index (κ2) is 8.30. The summed E-state index contributed by atoms with van der Waals surface area (Å²) in [6, 6.07) is 6.93. The van der Waals surface area contributed by atoms with E-state index < -0.39 is 19.7 Å². The number of sulfone groups is 2. The Morgan fingerprint density at radius 3 is 2.22 bits per heavy atom. The molecule has 0 aliphatic rings. The van der Waals surface area contributed by atoms with Gasteiger partial charge in [0.15, 0.2) is 19.7 Å². The van der Waals surface area contributed by atoms with Crippen molar-refractivity contribution in [2.24, 2.45) is 0 Å². The van der Waals surface area contributed by atoms with Gasteiger partial charge in [0.25, 0.3) is 0 Å². The van der Waals surface area contributed by atoms with Crippen LogP contribution in [0, 0.1) is 0 Å². The summed E-state index contributed by atoms with van der Waals surface area (Å²) in [7, 11) is -5.08. The average molecular weight is 378 g/mol. The van der Waals surface area contributed by atoms with Gasteiger partial charge in [0, 0.05) is 35.6 Å². The van der Waals surface area contributed by atoms with E-state index in [1.165, 1.54) is 30.6 Å². The molecule has 0 amide bonds. The van der Waals surface area contributed by atoms with Crippen molar-refractivity contribution in [1.82, 2.24) is 0 Å². The number of hydrogen-bond acceptors (Lipinski definition) is 5. The van der Waals surface area contributed by atoms with Crippen LogP contribution < -0.4 is 4.90 Å². The first kappa shape index (κ1) is 20.2. The molecule has 0 saturated heterocycles. The molecule has 0 N–H and O–H groups in total. The van der Waals surface area contributed by atoms with Crippen LogP contribution in [0.15, 0.2) is 28.0 Å². The summed E-state index contributed by atoms with van der Waals surface area (Å²) in [6.45, 7) is 2.97. The van der Waals surface area contributed by atoms with E-state index in [-0.39, 0.29) is 19.3 Å². The molecule has 0 aromatic heterocycles. The summed E-state index contributed by atoms with van der Waals surface area (Å²) in [5, 5.41) is 0. The van der Waals surface area contributed by atoms with Gasteiger partial charge in [0.2, 0.25) is 0 Å². The molecule has 0 fully saturated rings. The van der Waals surface area contributed by atoms with Gasteiger partial charge < -0.3 is 4.90 Å². The number of anilines is 1. The van der Waals surface area contributed by atoms with Crippen molar-refractivity contribution >= 4 is 34.9 Å². The molecule has 23 heavy (non-hydrogen) atoms. The first-order chi connectivity index (χ1) is 10.6. The highest BCUT2D eigenvalue weighted by molar-refractivity contribution is 7.91. The highest BCUT2D eigenvalue weighted by atomic mass is 32.2. The van der Waals surface area contributed by atoms with Gasteiger partial charge >= 0.3 is 0 Å². The molecule has 0 heterocycles. The van der Waals surface area contributed by atoms with Crippen molar-refractivity contribution in [2.75, 3.05) is 31.0 Å². The lowest BCUT2D eigenvalue weighted by molar-refractivity contribution is 0.600. The van der Waals surface area contributed by atoms with Crippen molar-refractivity contribution in [3.05, 3.63) is 18.2 Å².